The first-order valence-electron chi connectivity index (χ1n) is 18.4. The standard InChI is InChI=1S/C21H23N7.C19H19N7/c1-13(2)28-12-15(11-23-28)24-21-26-19-17(9-10-22-19)20(27-21)25-18-8-7-14-5-3-4-6-16(14)18;1-26-11-13(10-21-26)22-19-24-17-15(8-9-20-17)18(25-19)23-16-7-6-12-4-2-3-5-14(12)16/h3-6,9-13,18H,7-8H2,1-2H3,(H3,22,24,25,26,27);2-5,8-11,16H,6-7H2,1H3,(H3,20,22,23,24,25)/t18-;16-/m11/s1. The number of nitrogens with zero attached hydrogens (tertiary/aromatic N) is 8. The van der Waals surface area contributed by atoms with E-state index in [0.717, 1.165) is 70.8 Å². The quantitative estimate of drug-likeness (QED) is 0.0858. The maximum atomic E-state index is 4.77. The largest absolute Gasteiger partial charge is 0.363 e. The minimum atomic E-state index is 0.265. The average molecular weight is 719 g/mol. The van der Waals surface area contributed by atoms with Crippen LogP contribution in [-0.4, -0.2) is 49.5 Å². The lowest BCUT2D eigenvalue weighted by atomic mass is 10.1. The van der Waals surface area contributed by atoms with Crippen LogP contribution >= 0.6 is 0 Å². The molecule has 0 spiro atoms. The van der Waals surface area contributed by atoms with E-state index < -0.39 is 0 Å². The first-order valence-corrected chi connectivity index (χ1v) is 18.4. The van der Waals surface area contributed by atoms with Gasteiger partial charge in [0.2, 0.25) is 11.9 Å². The molecule has 54 heavy (non-hydrogen) atoms. The summed E-state index contributed by atoms with van der Waals surface area (Å²) in [6.45, 7) is 4.19. The van der Waals surface area contributed by atoms with Gasteiger partial charge in [0.1, 0.15) is 22.9 Å². The van der Waals surface area contributed by atoms with Crippen molar-refractivity contribution in [3.63, 3.8) is 0 Å². The van der Waals surface area contributed by atoms with E-state index in [1.165, 1.54) is 22.3 Å². The van der Waals surface area contributed by atoms with Crippen molar-refractivity contribution >= 4 is 57.0 Å². The Kier molecular flexibility index (Phi) is 8.61. The van der Waals surface area contributed by atoms with Crippen LogP contribution in [0.4, 0.5) is 34.9 Å². The molecule has 0 saturated carbocycles. The van der Waals surface area contributed by atoms with Crippen LogP contribution < -0.4 is 21.3 Å². The molecule has 0 radical (unpaired) electrons. The SMILES string of the molecule is CC(C)n1cc(Nc2nc(N[C@@H]3CCc4ccccc43)c3cc[nH]c3n2)cn1.Cn1cc(Nc2nc(N[C@@H]3CCc4ccccc43)c3cc[nH]c3n2)cn1. The van der Waals surface area contributed by atoms with Crippen molar-refractivity contribution in [2.45, 2.75) is 57.7 Å². The number of H-pyrrole nitrogens is 2. The van der Waals surface area contributed by atoms with Gasteiger partial charge in [-0.2, -0.15) is 30.1 Å². The minimum absolute atomic E-state index is 0.265. The van der Waals surface area contributed by atoms with Gasteiger partial charge in [0.15, 0.2) is 0 Å². The first-order chi connectivity index (χ1) is 26.4. The lowest BCUT2D eigenvalue weighted by Gasteiger charge is -2.16. The number of benzene rings is 2. The Bertz CT molecular complexity index is 2560. The molecule has 6 aromatic heterocycles. The monoisotopic (exact) mass is 718 g/mol. The Labute approximate surface area is 311 Å². The topological polar surface area (TPSA) is 167 Å². The summed E-state index contributed by atoms with van der Waals surface area (Å²) in [5.41, 5.74) is 8.89. The molecule has 2 atom stereocenters. The highest BCUT2D eigenvalue weighted by Crippen LogP contribution is 2.36. The van der Waals surface area contributed by atoms with Gasteiger partial charge in [-0.25, -0.2) is 0 Å². The van der Waals surface area contributed by atoms with Gasteiger partial charge in [-0.1, -0.05) is 48.5 Å². The van der Waals surface area contributed by atoms with Gasteiger partial charge in [0.25, 0.3) is 0 Å². The summed E-state index contributed by atoms with van der Waals surface area (Å²) in [5, 5.41) is 24.3. The van der Waals surface area contributed by atoms with E-state index >= 15 is 0 Å². The van der Waals surface area contributed by atoms with Crippen molar-refractivity contribution in [1.82, 2.24) is 49.5 Å². The fourth-order valence-corrected chi connectivity index (χ4v) is 7.39. The number of aryl methyl sites for hydroxylation is 3. The van der Waals surface area contributed by atoms with Gasteiger partial charge in [0, 0.05) is 37.9 Å². The lowest BCUT2D eigenvalue weighted by molar-refractivity contribution is 0.532. The summed E-state index contributed by atoms with van der Waals surface area (Å²) in [4.78, 5) is 25.1. The number of aromatic nitrogens is 10. The molecule has 2 aromatic carbocycles. The van der Waals surface area contributed by atoms with Gasteiger partial charge in [-0.15, -0.1) is 0 Å². The fourth-order valence-electron chi connectivity index (χ4n) is 7.39. The number of rotatable bonds is 9. The van der Waals surface area contributed by atoms with E-state index in [4.69, 9.17) is 9.97 Å². The third-order valence-corrected chi connectivity index (χ3v) is 10.1. The molecule has 14 heteroatoms. The van der Waals surface area contributed by atoms with Gasteiger partial charge in [-0.05, 0) is 73.9 Å². The van der Waals surface area contributed by atoms with Crippen molar-refractivity contribution in [2.75, 3.05) is 21.3 Å². The molecular weight excluding hydrogens is 677 g/mol. The zero-order valence-corrected chi connectivity index (χ0v) is 30.4. The highest BCUT2D eigenvalue weighted by Gasteiger charge is 2.25. The van der Waals surface area contributed by atoms with Crippen molar-refractivity contribution in [3.8, 4) is 0 Å². The predicted molar refractivity (Wildman–Crippen MR) is 212 cm³/mol. The molecule has 2 aliphatic rings. The molecule has 0 bridgehead atoms. The maximum Gasteiger partial charge on any atom is 0.231 e. The summed E-state index contributed by atoms with van der Waals surface area (Å²) < 4.78 is 3.65. The molecule has 0 saturated heterocycles. The second-order valence-corrected chi connectivity index (χ2v) is 14.1. The van der Waals surface area contributed by atoms with Crippen LogP contribution in [0.5, 0.6) is 0 Å². The number of hydrogen-bond acceptors (Lipinski definition) is 10. The highest BCUT2D eigenvalue weighted by atomic mass is 15.3. The van der Waals surface area contributed by atoms with E-state index in [-0.39, 0.29) is 12.1 Å². The smallest absolute Gasteiger partial charge is 0.231 e. The van der Waals surface area contributed by atoms with Gasteiger partial charge >= 0.3 is 0 Å². The van der Waals surface area contributed by atoms with E-state index in [9.17, 15) is 0 Å². The van der Waals surface area contributed by atoms with E-state index in [1.807, 2.05) is 48.6 Å². The average Bonchev–Trinajstić information content (AvgIpc) is 4.03. The lowest BCUT2D eigenvalue weighted by Crippen LogP contribution is -2.10. The van der Waals surface area contributed by atoms with Gasteiger partial charge in [0.05, 0.1) is 46.6 Å². The molecule has 14 nitrogen and oxygen atoms in total. The van der Waals surface area contributed by atoms with Crippen molar-refractivity contribution in [1.29, 1.82) is 0 Å². The van der Waals surface area contributed by atoms with Crippen LogP contribution in [0.3, 0.4) is 0 Å². The normalized spacial score (nSPS) is 15.9. The number of aromatic amines is 2. The van der Waals surface area contributed by atoms with Gasteiger partial charge in [-0.3, -0.25) is 9.36 Å². The Hall–Kier alpha value is -6.70. The number of anilines is 6. The van der Waals surface area contributed by atoms with E-state index in [1.54, 1.807) is 17.1 Å². The summed E-state index contributed by atoms with van der Waals surface area (Å²) in [7, 11) is 1.88. The Balaban J connectivity index is 0.000000143. The minimum Gasteiger partial charge on any atom is -0.363 e. The molecule has 8 aromatic rings. The Morgan fingerprint density at radius 2 is 1.17 bits per heavy atom. The van der Waals surface area contributed by atoms with Crippen LogP contribution in [0.25, 0.3) is 22.1 Å². The van der Waals surface area contributed by atoms with Crippen molar-refractivity contribution in [2.24, 2.45) is 7.05 Å². The molecule has 0 amide bonds. The molecule has 0 fully saturated rings. The molecule has 0 aliphatic heterocycles. The van der Waals surface area contributed by atoms with Crippen LogP contribution in [0, 0.1) is 0 Å². The fraction of sp³-hybridized carbons (Fsp3) is 0.250. The van der Waals surface area contributed by atoms with Crippen LogP contribution in [0.15, 0.2) is 97.8 Å². The first kappa shape index (κ1) is 33.2. The third-order valence-electron chi connectivity index (χ3n) is 10.1. The molecule has 10 rings (SSSR count). The molecule has 272 valence electrons. The number of hydrogen-bond donors (Lipinski definition) is 6. The second kappa shape index (κ2) is 14.0. The van der Waals surface area contributed by atoms with Crippen LogP contribution in [-0.2, 0) is 19.9 Å². The molecule has 0 unspecified atom stereocenters. The summed E-state index contributed by atoms with van der Waals surface area (Å²) in [6, 6.07) is 22.1. The maximum absolute atomic E-state index is 4.77. The highest BCUT2D eigenvalue weighted by molar-refractivity contribution is 5.89. The van der Waals surface area contributed by atoms with Crippen LogP contribution in [0.2, 0.25) is 0 Å². The van der Waals surface area contributed by atoms with E-state index in [2.05, 4.69) is 114 Å². The van der Waals surface area contributed by atoms with E-state index in [0.29, 0.717) is 17.9 Å². The second-order valence-electron chi connectivity index (χ2n) is 14.1. The zero-order chi connectivity index (χ0) is 36.6. The molecule has 6 heterocycles. The Morgan fingerprint density at radius 1 is 0.648 bits per heavy atom. The molecule has 6 N–H and O–H groups in total. The summed E-state index contributed by atoms with van der Waals surface area (Å²) in [5.74, 6) is 2.77. The summed E-state index contributed by atoms with van der Waals surface area (Å²) >= 11 is 0. The summed E-state index contributed by atoms with van der Waals surface area (Å²) in [6.07, 6.45) is 15.5. The molecular formula is C40H42N14. The zero-order valence-electron chi connectivity index (χ0n) is 30.4. The Morgan fingerprint density at radius 3 is 1.67 bits per heavy atom. The molecule has 2 aliphatic carbocycles. The van der Waals surface area contributed by atoms with Crippen LogP contribution in [0.1, 0.15) is 67.1 Å². The number of nitrogens with one attached hydrogen (secondary N) is 6. The van der Waals surface area contributed by atoms with Gasteiger partial charge < -0.3 is 31.2 Å². The predicted octanol–water partition coefficient (Wildman–Crippen LogP) is 8.11. The third kappa shape index (κ3) is 6.69. The van der Waals surface area contributed by atoms with Crippen molar-refractivity contribution in [3.05, 3.63) is 120 Å². The van der Waals surface area contributed by atoms with Crippen molar-refractivity contribution < 1.29 is 0 Å². The number of fused-ring (bicyclic) bond motifs is 4.